The van der Waals surface area contributed by atoms with Crippen molar-refractivity contribution in [3.8, 4) is 5.75 Å². The molecule has 1 saturated heterocycles. The first-order valence-electron chi connectivity index (χ1n) is 7.71. The minimum Gasteiger partial charge on any atom is -0.491 e. The van der Waals surface area contributed by atoms with Gasteiger partial charge in [-0.05, 0) is 39.2 Å². The Balaban J connectivity index is 2.39. The maximum absolute atomic E-state index is 11.9. The van der Waals surface area contributed by atoms with Gasteiger partial charge < -0.3 is 15.8 Å². The predicted octanol–water partition coefficient (Wildman–Crippen LogP) is 2.63. The first-order valence-corrected chi connectivity index (χ1v) is 7.71. The van der Waals surface area contributed by atoms with Crippen molar-refractivity contribution < 1.29 is 9.53 Å². The number of piperidine rings is 1. The Kier molecular flexibility index (Phi) is 4.88. The Morgan fingerprint density at radius 2 is 2.00 bits per heavy atom. The second-order valence-corrected chi connectivity index (χ2v) is 6.39. The van der Waals surface area contributed by atoms with Crippen LogP contribution < -0.4 is 15.8 Å². The van der Waals surface area contributed by atoms with Crippen LogP contribution in [0.4, 0.5) is 0 Å². The predicted molar refractivity (Wildman–Crippen MR) is 84.0 cm³/mol. The summed E-state index contributed by atoms with van der Waals surface area (Å²) in [5.74, 6) is 0.637. The third kappa shape index (κ3) is 3.56. The number of nitrogens with one attached hydrogen (secondary N) is 1. The van der Waals surface area contributed by atoms with Crippen molar-refractivity contribution in [2.24, 2.45) is 17.6 Å². The van der Waals surface area contributed by atoms with E-state index in [-0.39, 0.29) is 29.9 Å². The molecule has 0 saturated carbocycles. The van der Waals surface area contributed by atoms with Gasteiger partial charge in [-0.1, -0.05) is 25.1 Å². The van der Waals surface area contributed by atoms with Crippen LogP contribution in [-0.2, 0) is 4.79 Å². The molecule has 1 amide bonds. The first kappa shape index (κ1) is 15.8. The molecule has 4 unspecified atom stereocenters. The van der Waals surface area contributed by atoms with Gasteiger partial charge in [-0.15, -0.1) is 0 Å². The zero-order valence-corrected chi connectivity index (χ0v) is 13.3. The number of ether oxygens (including phenoxy) is 1. The summed E-state index contributed by atoms with van der Waals surface area (Å²) in [5.41, 5.74) is 6.68. The molecule has 116 valence electrons. The van der Waals surface area contributed by atoms with Crippen LogP contribution in [0.1, 0.15) is 45.7 Å². The lowest BCUT2D eigenvalue weighted by molar-refractivity contribution is -0.125. The van der Waals surface area contributed by atoms with E-state index >= 15 is 0 Å². The largest absolute Gasteiger partial charge is 0.491 e. The van der Waals surface area contributed by atoms with Crippen molar-refractivity contribution in [3.05, 3.63) is 29.8 Å². The number of carbonyl (C=O) groups excluding carboxylic acids is 1. The zero-order chi connectivity index (χ0) is 15.6. The van der Waals surface area contributed by atoms with Crippen molar-refractivity contribution in [3.63, 3.8) is 0 Å². The van der Waals surface area contributed by atoms with E-state index in [1.807, 2.05) is 38.1 Å². The van der Waals surface area contributed by atoms with Gasteiger partial charge in [0.15, 0.2) is 0 Å². The third-order valence-electron chi connectivity index (χ3n) is 4.11. The number of amides is 1. The average Bonchev–Trinajstić information content (AvgIpc) is 2.37. The molecular formula is C17H26N2O2. The number of para-hydroxylation sites is 1. The molecule has 1 fully saturated rings. The second-order valence-electron chi connectivity index (χ2n) is 6.39. The van der Waals surface area contributed by atoms with Crippen LogP contribution in [0.3, 0.4) is 0 Å². The molecule has 1 aliphatic heterocycles. The molecule has 1 heterocycles. The minimum absolute atomic E-state index is 0.0869. The standard InChI is InChI=1S/C17H26N2O2/c1-10(2)21-14-8-6-5-7-13(14)16-15(17(18)20)11(3)9-12(4)19-16/h5-8,10-12,15-16,19H,9H2,1-4H3,(H2,18,20). The lowest BCUT2D eigenvalue weighted by Gasteiger charge is -2.39. The summed E-state index contributed by atoms with van der Waals surface area (Å²) in [6, 6.07) is 8.18. The van der Waals surface area contributed by atoms with Crippen LogP contribution in [0.15, 0.2) is 24.3 Å². The zero-order valence-electron chi connectivity index (χ0n) is 13.3. The fraction of sp³-hybridized carbons (Fsp3) is 0.588. The molecule has 1 aromatic rings. The van der Waals surface area contributed by atoms with Crippen LogP contribution in [0, 0.1) is 11.8 Å². The summed E-state index contributed by atoms with van der Waals surface area (Å²) in [7, 11) is 0. The van der Waals surface area contributed by atoms with Gasteiger partial charge in [0.2, 0.25) is 5.91 Å². The van der Waals surface area contributed by atoms with Crippen molar-refractivity contribution in [1.29, 1.82) is 0 Å². The molecule has 0 radical (unpaired) electrons. The van der Waals surface area contributed by atoms with Gasteiger partial charge in [0.25, 0.3) is 0 Å². The maximum Gasteiger partial charge on any atom is 0.222 e. The first-order chi connectivity index (χ1) is 9.90. The van der Waals surface area contributed by atoms with Gasteiger partial charge in [0.1, 0.15) is 5.75 Å². The lowest BCUT2D eigenvalue weighted by atomic mass is 9.76. The maximum atomic E-state index is 11.9. The quantitative estimate of drug-likeness (QED) is 0.896. The number of rotatable bonds is 4. The molecule has 4 atom stereocenters. The van der Waals surface area contributed by atoms with Gasteiger partial charge in [-0.3, -0.25) is 4.79 Å². The van der Waals surface area contributed by atoms with E-state index in [1.165, 1.54) is 0 Å². The van der Waals surface area contributed by atoms with E-state index in [9.17, 15) is 4.79 Å². The molecule has 0 bridgehead atoms. The number of carbonyl (C=O) groups is 1. The molecule has 1 aliphatic rings. The summed E-state index contributed by atoms with van der Waals surface area (Å²) in [6.45, 7) is 8.25. The van der Waals surface area contributed by atoms with Gasteiger partial charge >= 0.3 is 0 Å². The van der Waals surface area contributed by atoms with E-state index in [2.05, 4.69) is 19.2 Å². The van der Waals surface area contributed by atoms with Crippen LogP contribution >= 0.6 is 0 Å². The Morgan fingerprint density at radius 3 is 2.62 bits per heavy atom. The van der Waals surface area contributed by atoms with Crippen LogP contribution in [0.2, 0.25) is 0 Å². The van der Waals surface area contributed by atoms with Gasteiger partial charge in [-0.25, -0.2) is 0 Å². The molecular weight excluding hydrogens is 264 g/mol. The number of hydrogen-bond acceptors (Lipinski definition) is 3. The highest BCUT2D eigenvalue weighted by Gasteiger charge is 2.39. The smallest absolute Gasteiger partial charge is 0.222 e. The Morgan fingerprint density at radius 1 is 1.33 bits per heavy atom. The van der Waals surface area contributed by atoms with Gasteiger partial charge in [0, 0.05) is 17.6 Å². The molecule has 21 heavy (non-hydrogen) atoms. The SMILES string of the molecule is CC1CC(C)C(C(N)=O)C(c2ccccc2OC(C)C)N1. The second kappa shape index (κ2) is 6.48. The van der Waals surface area contributed by atoms with Crippen molar-refractivity contribution in [1.82, 2.24) is 5.32 Å². The fourth-order valence-electron chi connectivity index (χ4n) is 3.34. The van der Waals surface area contributed by atoms with Crippen LogP contribution in [-0.4, -0.2) is 18.1 Å². The van der Waals surface area contributed by atoms with Crippen molar-refractivity contribution in [2.75, 3.05) is 0 Å². The Bertz CT molecular complexity index is 501. The normalized spacial score (nSPS) is 29.4. The van der Waals surface area contributed by atoms with E-state index in [1.54, 1.807) is 0 Å². The van der Waals surface area contributed by atoms with Crippen molar-refractivity contribution in [2.45, 2.75) is 52.3 Å². The summed E-state index contributed by atoms with van der Waals surface area (Å²) in [4.78, 5) is 11.9. The molecule has 4 nitrogen and oxygen atoms in total. The minimum atomic E-state index is -0.244. The molecule has 1 aromatic carbocycles. The Labute approximate surface area is 127 Å². The molecule has 2 rings (SSSR count). The summed E-state index contributed by atoms with van der Waals surface area (Å²) in [5, 5.41) is 3.53. The molecule has 0 aliphatic carbocycles. The van der Waals surface area contributed by atoms with Crippen LogP contribution in [0.25, 0.3) is 0 Å². The lowest BCUT2D eigenvalue weighted by Crippen LogP contribution is -2.49. The third-order valence-corrected chi connectivity index (χ3v) is 4.11. The highest BCUT2D eigenvalue weighted by Crippen LogP contribution is 2.39. The number of hydrogen-bond donors (Lipinski definition) is 2. The van der Waals surface area contributed by atoms with Crippen LogP contribution in [0.5, 0.6) is 5.75 Å². The molecule has 3 N–H and O–H groups in total. The average molecular weight is 290 g/mol. The number of nitrogens with two attached hydrogens (primary N) is 1. The highest BCUT2D eigenvalue weighted by atomic mass is 16.5. The van der Waals surface area contributed by atoms with Crippen molar-refractivity contribution >= 4 is 5.91 Å². The highest BCUT2D eigenvalue weighted by molar-refractivity contribution is 5.78. The number of benzene rings is 1. The monoisotopic (exact) mass is 290 g/mol. The summed E-state index contributed by atoms with van der Waals surface area (Å²) < 4.78 is 5.90. The summed E-state index contributed by atoms with van der Waals surface area (Å²) in [6.07, 6.45) is 1.05. The fourth-order valence-corrected chi connectivity index (χ4v) is 3.34. The van der Waals surface area contributed by atoms with E-state index in [0.29, 0.717) is 6.04 Å². The topological polar surface area (TPSA) is 64.4 Å². The van der Waals surface area contributed by atoms with E-state index in [0.717, 1.165) is 17.7 Å². The Hall–Kier alpha value is -1.55. The van der Waals surface area contributed by atoms with E-state index in [4.69, 9.17) is 10.5 Å². The van der Waals surface area contributed by atoms with E-state index < -0.39 is 0 Å². The van der Waals surface area contributed by atoms with Gasteiger partial charge in [-0.2, -0.15) is 0 Å². The molecule has 0 aromatic heterocycles. The number of primary amides is 1. The summed E-state index contributed by atoms with van der Waals surface area (Å²) >= 11 is 0. The molecule has 4 heteroatoms. The van der Waals surface area contributed by atoms with Gasteiger partial charge in [0.05, 0.1) is 12.0 Å². The molecule has 0 spiro atoms.